The molecule has 5 rings (SSSR count). The SMILES string of the molecule is COc1cc(/C=C2/NC(=O)N(Cc3ccc(F)cc3)C2=O)cc(Cl)c1OCc1cccc2ccccc12. The van der Waals surface area contributed by atoms with Crippen LogP contribution in [-0.2, 0) is 17.9 Å². The molecule has 1 fully saturated rings. The van der Waals surface area contributed by atoms with Gasteiger partial charge in [-0.2, -0.15) is 0 Å². The Morgan fingerprint density at radius 1 is 1.00 bits per heavy atom. The summed E-state index contributed by atoms with van der Waals surface area (Å²) < 4.78 is 24.8. The third kappa shape index (κ3) is 5.13. The zero-order chi connectivity index (χ0) is 25.9. The number of halogens is 2. The van der Waals surface area contributed by atoms with E-state index in [1.165, 1.54) is 37.5 Å². The molecule has 0 saturated carbocycles. The van der Waals surface area contributed by atoms with E-state index in [0.717, 1.165) is 21.2 Å². The maximum atomic E-state index is 13.2. The van der Waals surface area contributed by atoms with Crippen molar-refractivity contribution in [2.45, 2.75) is 13.2 Å². The number of amides is 3. The number of hydrogen-bond donors (Lipinski definition) is 1. The summed E-state index contributed by atoms with van der Waals surface area (Å²) >= 11 is 6.55. The third-order valence-electron chi connectivity index (χ3n) is 6.03. The number of fused-ring (bicyclic) bond motifs is 1. The number of carbonyl (C=O) groups excluding carboxylic acids is 2. The molecule has 4 aromatic rings. The first-order valence-corrected chi connectivity index (χ1v) is 11.9. The van der Waals surface area contributed by atoms with Crippen LogP contribution in [0.5, 0.6) is 11.5 Å². The van der Waals surface area contributed by atoms with E-state index in [-0.39, 0.29) is 18.8 Å². The molecule has 0 spiro atoms. The third-order valence-corrected chi connectivity index (χ3v) is 6.31. The minimum Gasteiger partial charge on any atom is -0.493 e. The molecule has 6 nitrogen and oxygen atoms in total. The summed E-state index contributed by atoms with van der Waals surface area (Å²) in [5, 5.41) is 5.07. The first-order chi connectivity index (χ1) is 17.9. The number of ether oxygens (including phenoxy) is 2. The average molecular weight is 517 g/mol. The van der Waals surface area contributed by atoms with Crippen LogP contribution in [0.3, 0.4) is 0 Å². The highest BCUT2D eigenvalue weighted by Crippen LogP contribution is 2.38. The van der Waals surface area contributed by atoms with Crippen LogP contribution in [0.15, 0.2) is 84.6 Å². The highest BCUT2D eigenvalue weighted by atomic mass is 35.5. The molecule has 0 aliphatic carbocycles. The molecule has 1 aliphatic heterocycles. The van der Waals surface area contributed by atoms with Crippen LogP contribution in [0.2, 0.25) is 5.02 Å². The van der Waals surface area contributed by atoms with Crippen LogP contribution in [-0.4, -0.2) is 23.9 Å². The molecule has 0 unspecified atom stereocenters. The van der Waals surface area contributed by atoms with Gasteiger partial charge in [-0.1, -0.05) is 66.2 Å². The molecule has 37 heavy (non-hydrogen) atoms. The van der Waals surface area contributed by atoms with E-state index in [1.54, 1.807) is 12.1 Å². The number of carbonyl (C=O) groups is 2. The molecule has 0 aromatic heterocycles. The fourth-order valence-corrected chi connectivity index (χ4v) is 4.46. The topological polar surface area (TPSA) is 67.9 Å². The van der Waals surface area contributed by atoms with Crippen molar-refractivity contribution in [1.82, 2.24) is 10.2 Å². The minimum absolute atomic E-state index is 0.0211. The Kier molecular flexibility index (Phi) is 6.79. The Balaban J connectivity index is 1.36. The van der Waals surface area contributed by atoms with Crippen molar-refractivity contribution in [1.29, 1.82) is 0 Å². The standard InChI is InChI=1S/C29H22ClFN2O4/c1-36-26-15-19(14-25-28(34)33(29(35)32-25)16-18-9-11-22(31)12-10-18)13-24(30)27(26)37-17-21-7-4-6-20-5-2-3-8-23(20)21/h2-15H,16-17H2,1H3,(H,32,35)/b25-14+. The normalized spacial score (nSPS) is 14.4. The van der Waals surface area contributed by atoms with Gasteiger partial charge in [-0.3, -0.25) is 9.69 Å². The molecule has 0 bridgehead atoms. The van der Waals surface area contributed by atoms with Crippen LogP contribution in [0.25, 0.3) is 16.8 Å². The molecule has 0 atom stereocenters. The predicted molar refractivity (Wildman–Crippen MR) is 140 cm³/mol. The molecule has 3 amide bonds. The maximum absolute atomic E-state index is 13.2. The Morgan fingerprint density at radius 3 is 2.54 bits per heavy atom. The van der Waals surface area contributed by atoms with Crippen LogP contribution in [0.4, 0.5) is 9.18 Å². The molecule has 186 valence electrons. The number of nitrogens with zero attached hydrogens (tertiary/aromatic N) is 1. The summed E-state index contributed by atoms with van der Waals surface area (Å²) in [4.78, 5) is 26.4. The Morgan fingerprint density at radius 2 is 1.76 bits per heavy atom. The maximum Gasteiger partial charge on any atom is 0.329 e. The molecular formula is C29H22ClFN2O4. The second-order valence-electron chi connectivity index (χ2n) is 8.47. The largest absolute Gasteiger partial charge is 0.493 e. The highest BCUT2D eigenvalue weighted by Gasteiger charge is 2.33. The zero-order valence-electron chi connectivity index (χ0n) is 19.8. The van der Waals surface area contributed by atoms with Crippen LogP contribution < -0.4 is 14.8 Å². The molecule has 4 aromatic carbocycles. The van der Waals surface area contributed by atoms with E-state index in [4.69, 9.17) is 21.1 Å². The van der Waals surface area contributed by atoms with Crippen molar-refractivity contribution in [3.63, 3.8) is 0 Å². The number of imide groups is 1. The lowest BCUT2D eigenvalue weighted by Crippen LogP contribution is -2.30. The summed E-state index contributed by atoms with van der Waals surface area (Å²) in [6, 6.07) is 22.4. The van der Waals surface area contributed by atoms with Crippen molar-refractivity contribution in [2.75, 3.05) is 7.11 Å². The number of nitrogens with one attached hydrogen (secondary N) is 1. The van der Waals surface area contributed by atoms with Gasteiger partial charge in [0.2, 0.25) is 0 Å². The van der Waals surface area contributed by atoms with Crippen LogP contribution in [0.1, 0.15) is 16.7 Å². The van der Waals surface area contributed by atoms with Crippen molar-refractivity contribution in [3.05, 3.63) is 112 Å². The zero-order valence-corrected chi connectivity index (χ0v) is 20.6. The number of rotatable bonds is 7. The van der Waals surface area contributed by atoms with Gasteiger partial charge >= 0.3 is 6.03 Å². The smallest absolute Gasteiger partial charge is 0.329 e. The van der Waals surface area contributed by atoms with Gasteiger partial charge in [-0.15, -0.1) is 0 Å². The predicted octanol–water partition coefficient (Wildman–Crippen LogP) is 6.31. The van der Waals surface area contributed by atoms with Crippen molar-refractivity contribution in [2.24, 2.45) is 0 Å². The van der Waals surface area contributed by atoms with E-state index in [0.29, 0.717) is 27.6 Å². The first kappa shape index (κ1) is 24.3. The van der Waals surface area contributed by atoms with Gasteiger partial charge < -0.3 is 14.8 Å². The second-order valence-corrected chi connectivity index (χ2v) is 8.87. The monoisotopic (exact) mass is 516 g/mol. The number of hydrogen-bond acceptors (Lipinski definition) is 4. The Hall–Kier alpha value is -4.36. The van der Waals surface area contributed by atoms with Crippen molar-refractivity contribution in [3.8, 4) is 11.5 Å². The van der Waals surface area contributed by atoms with Gasteiger partial charge in [-0.25, -0.2) is 9.18 Å². The summed E-state index contributed by atoms with van der Waals surface area (Å²) in [6.07, 6.45) is 1.52. The van der Waals surface area contributed by atoms with E-state index >= 15 is 0 Å². The molecular weight excluding hydrogens is 495 g/mol. The van der Waals surface area contributed by atoms with E-state index < -0.39 is 17.8 Å². The first-order valence-electron chi connectivity index (χ1n) is 11.5. The summed E-state index contributed by atoms with van der Waals surface area (Å²) in [5.41, 5.74) is 2.27. The lowest BCUT2D eigenvalue weighted by Gasteiger charge is -2.14. The van der Waals surface area contributed by atoms with Crippen LogP contribution >= 0.6 is 11.6 Å². The highest BCUT2D eigenvalue weighted by molar-refractivity contribution is 6.32. The summed E-state index contributed by atoms with van der Waals surface area (Å²) in [5.74, 6) is -0.129. The fourth-order valence-electron chi connectivity index (χ4n) is 4.19. The Bertz CT molecular complexity index is 1530. The number of methoxy groups -OCH3 is 1. The molecule has 1 aliphatic rings. The fraction of sp³-hybridized carbons (Fsp3) is 0.103. The van der Waals surface area contributed by atoms with Crippen molar-refractivity contribution < 1.29 is 23.5 Å². The lowest BCUT2D eigenvalue weighted by molar-refractivity contribution is -0.123. The van der Waals surface area contributed by atoms with E-state index in [2.05, 4.69) is 5.32 Å². The van der Waals surface area contributed by atoms with E-state index in [1.807, 2.05) is 42.5 Å². The van der Waals surface area contributed by atoms with Gasteiger partial charge in [0.1, 0.15) is 18.1 Å². The quantitative estimate of drug-likeness (QED) is 0.231. The lowest BCUT2D eigenvalue weighted by atomic mass is 10.1. The van der Waals surface area contributed by atoms with Crippen molar-refractivity contribution >= 4 is 40.4 Å². The van der Waals surface area contributed by atoms with Gasteiger partial charge in [0.05, 0.1) is 18.7 Å². The summed E-state index contributed by atoms with van der Waals surface area (Å²) in [7, 11) is 1.50. The number of benzene rings is 4. The van der Waals surface area contributed by atoms with Crippen LogP contribution in [0, 0.1) is 5.82 Å². The molecule has 1 N–H and O–H groups in total. The van der Waals surface area contributed by atoms with Gasteiger partial charge in [0, 0.05) is 0 Å². The molecule has 1 saturated heterocycles. The van der Waals surface area contributed by atoms with Gasteiger partial charge in [0.15, 0.2) is 11.5 Å². The average Bonchev–Trinajstić information content (AvgIpc) is 3.16. The van der Waals surface area contributed by atoms with E-state index in [9.17, 15) is 14.0 Å². The molecule has 1 heterocycles. The second kappa shape index (κ2) is 10.3. The molecule has 8 heteroatoms. The minimum atomic E-state index is -0.561. The summed E-state index contributed by atoms with van der Waals surface area (Å²) in [6.45, 7) is 0.304. The van der Waals surface area contributed by atoms with Gasteiger partial charge in [0.25, 0.3) is 5.91 Å². The molecule has 0 radical (unpaired) electrons. The van der Waals surface area contributed by atoms with Gasteiger partial charge in [-0.05, 0) is 57.8 Å². The number of urea groups is 1. The Labute approximate surface area is 217 Å².